The predicted octanol–water partition coefficient (Wildman–Crippen LogP) is 9.36. The van der Waals surface area contributed by atoms with Gasteiger partial charge in [0.25, 0.3) is 11.8 Å². The summed E-state index contributed by atoms with van der Waals surface area (Å²) >= 11 is 2.32. The molecule has 1 heterocycles. The van der Waals surface area contributed by atoms with E-state index in [0.29, 0.717) is 22.5 Å². The monoisotopic (exact) mass is 699 g/mol. The van der Waals surface area contributed by atoms with Gasteiger partial charge in [-0.15, -0.1) is 23.1 Å². The van der Waals surface area contributed by atoms with Crippen LogP contribution in [-0.4, -0.2) is 30.3 Å². The zero-order valence-corrected chi connectivity index (χ0v) is 28.9. The molecule has 250 valence electrons. The van der Waals surface area contributed by atoms with E-state index in [9.17, 15) is 19.2 Å². The lowest BCUT2D eigenvalue weighted by Crippen LogP contribution is -2.20. The molecule has 0 aliphatic rings. The van der Waals surface area contributed by atoms with Crippen LogP contribution in [0.1, 0.15) is 53.7 Å². The molecule has 8 nitrogen and oxygen atoms in total. The molecule has 0 saturated heterocycles. The number of ether oxygens (including phenoxy) is 1. The number of hydrogen-bond donors (Lipinski definition) is 3. The molecule has 50 heavy (non-hydrogen) atoms. The van der Waals surface area contributed by atoms with Crippen LogP contribution in [0.4, 0.5) is 16.4 Å². The number of esters is 1. The number of nitrogens with one attached hydrogen (secondary N) is 3. The Bertz CT molecular complexity index is 2180. The minimum atomic E-state index is -0.748. The predicted molar refractivity (Wildman–Crippen MR) is 201 cm³/mol. The van der Waals surface area contributed by atoms with Crippen LogP contribution in [0.3, 0.4) is 0 Å². The van der Waals surface area contributed by atoms with Gasteiger partial charge in [0.2, 0.25) is 5.91 Å². The number of amides is 3. The quantitative estimate of drug-likeness (QED) is 0.0918. The fourth-order valence-corrected chi connectivity index (χ4v) is 7.55. The van der Waals surface area contributed by atoms with E-state index in [4.69, 9.17) is 4.74 Å². The average molecular weight is 700 g/mol. The Hall–Kier alpha value is -5.71. The highest BCUT2D eigenvalue weighted by Crippen LogP contribution is 2.40. The third-order valence-electron chi connectivity index (χ3n) is 7.80. The highest BCUT2D eigenvalue weighted by Gasteiger charge is 2.30. The molecule has 0 fully saturated rings. The molecule has 5 aromatic carbocycles. The average Bonchev–Trinajstić information content (AvgIpc) is 3.46. The number of rotatable bonds is 11. The molecule has 0 radical (unpaired) electrons. The zero-order chi connectivity index (χ0) is 35.0. The first-order valence-corrected chi connectivity index (χ1v) is 17.6. The van der Waals surface area contributed by atoms with E-state index in [0.717, 1.165) is 32.6 Å². The van der Waals surface area contributed by atoms with E-state index in [1.165, 1.54) is 11.8 Å². The Morgan fingerprint density at radius 3 is 2.10 bits per heavy atom. The van der Waals surface area contributed by atoms with Crippen LogP contribution < -0.4 is 16.0 Å². The number of anilines is 3. The second-order valence-electron chi connectivity index (χ2n) is 11.2. The summed E-state index contributed by atoms with van der Waals surface area (Å²) in [6.45, 7) is 3.49. The zero-order valence-electron chi connectivity index (χ0n) is 27.3. The summed E-state index contributed by atoms with van der Waals surface area (Å²) in [6.07, 6.45) is 0. The molecule has 10 heteroatoms. The van der Waals surface area contributed by atoms with Crippen LogP contribution in [0.25, 0.3) is 10.8 Å². The van der Waals surface area contributed by atoms with Crippen molar-refractivity contribution in [1.82, 2.24) is 0 Å². The molecule has 1 atom stereocenters. The van der Waals surface area contributed by atoms with Crippen molar-refractivity contribution in [3.05, 3.63) is 155 Å². The lowest BCUT2D eigenvalue weighted by Gasteiger charge is -2.18. The van der Waals surface area contributed by atoms with Crippen LogP contribution in [0.15, 0.2) is 132 Å². The molecular weight excluding hydrogens is 667 g/mol. The van der Waals surface area contributed by atoms with Gasteiger partial charge in [-0.25, -0.2) is 4.79 Å². The number of thiophene rings is 1. The SMILES string of the molecule is CCOC(=O)c1c(NC(=O)C(Sc2cccc(NC(=O)c3ccc4ccccc4c3)c2)c2ccccc2)sc(C(=O)Nc2ccccc2)c1C. The third-order valence-corrected chi connectivity index (χ3v) is 10.3. The topological polar surface area (TPSA) is 114 Å². The van der Waals surface area contributed by atoms with Gasteiger partial charge in [0.1, 0.15) is 10.3 Å². The fraction of sp³-hybridized carbons (Fsp3) is 0.100. The van der Waals surface area contributed by atoms with Crippen molar-refractivity contribution in [2.75, 3.05) is 22.6 Å². The van der Waals surface area contributed by atoms with E-state index < -0.39 is 23.0 Å². The normalized spacial score (nSPS) is 11.4. The van der Waals surface area contributed by atoms with Gasteiger partial charge in [0.15, 0.2) is 0 Å². The second kappa shape index (κ2) is 15.7. The Kier molecular flexibility index (Phi) is 10.7. The number of carbonyl (C=O) groups excluding carboxylic acids is 4. The maximum absolute atomic E-state index is 14.1. The molecule has 0 bridgehead atoms. The Morgan fingerprint density at radius 2 is 1.36 bits per heavy atom. The molecule has 6 rings (SSSR count). The van der Waals surface area contributed by atoms with Crippen molar-refractivity contribution in [3.8, 4) is 0 Å². The van der Waals surface area contributed by atoms with Crippen LogP contribution in [0, 0.1) is 6.92 Å². The second-order valence-corrected chi connectivity index (χ2v) is 13.4. The number of fused-ring (bicyclic) bond motifs is 1. The smallest absolute Gasteiger partial charge is 0.341 e. The fourth-order valence-electron chi connectivity index (χ4n) is 5.37. The molecule has 6 aromatic rings. The molecular formula is C40H33N3O5S2. The van der Waals surface area contributed by atoms with E-state index in [1.54, 1.807) is 38.1 Å². The molecule has 0 aliphatic carbocycles. The molecule has 3 N–H and O–H groups in total. The van der Waals surface area contributed by atoms with Crippen molar-refractivity contribution >= 4 is 73.9 Å². The van der Waals surface area contributed by atoms with Crippen molar-refractivity contribution in [1.29, 1.82) is 0 Å². The van der Waals surface area contributed by atoms with Crippen LogP contribution in [0.2, 0.25) is 0 Å². The van der Waals surface area contributed by atoms with Crippen LogP contribution in [0.5, 0.6) is 0 Å². The van der Waals surface area contributed by atoms with Crippen molar-refractivity contribution in [2.24, 2.45) is 0 Å². The van der Waals surface area contributed by atoms with E-state index in [-0.39, 0.29) is 28.0 Å². The van der Waals surface area contributed by atoms with Gasteiger partial charge in [0.05, 0.1) is 17.0 Å². The maximum atomic E-state index is 14.1. The van der Waals surface area contributed by atoms with Crippen molar-refractivity contribution in [3.63, 3.8) is 0 Å². The first-order valence-electron chi connectivity index (χ1n) is 15.9. The lowest BCUT2D eigenvalue weighted by molar-refractivity contribution is -0.115. The molecule has 1 aromatic heterocycles. The largest absolute Gasteiger partial charge is 0.462 e. The van der Waals surface area contributed by atoms with Gasteiger partial charge in [-0.05, 0) is 78.2 Å². The molecule has 0 spiro atoms. The van der Waals surface area contributed by atoms with Gasteiger partial charge in [-0.1, -0.05) is 84.9 Å². The van der Waals surface area contributed by atoms with Gasteiger partial charge in [0, 0.05) is 21.8 Å². The third kappa shape index (κ3) is 7.94. The summed E-state index contributed by atoms with van der Waals surface area (Å²) in [5.74, 6) is -1.68. The van der Waals surface area contributed by atoms with Crippen molar-refractivity contribution in [2.45, 2.75) is 24.0 Å². The molecule has 0 aliphatic heterocycles. The van der Waals surface area contributed by atoms with Crippen molar-refractivity contribution < 1.29 is 23.9 Å². The Balaban J connectivity index is 1.25. The summed E-state index contributed by atoms with van der Waals surface area (Å²) in [5.41, 5.74) is 2.99. The summed E-state index contributed by atoms with van der Waals surface area (Å²) in [6, 6.07) is 39.0. The first-order chi connectivity index (χ1) is 24.3. The summed E-state index contributed by atoms with van der Waals surface area (Å²) < 4.78 is 5.33. The van der Waals surface area contributed by atoms with Crippen LogP contribution in [-0.2, 0) is 9.53 Å². The highest BCUT2D eigenvalue weighted by atomic mass is 32.2. The number of carbonyl (C=O) groups is 4. The van der Waals surface area contributed by atoms with E-state index in [1.807, 2.05) is 103 Å². The summed E-state index contributed by atoms with van der Waals surface area (Å²) in [5, 5.41) is 10.3. The Labute approximate surface area is 297 Å². The van der Waals surface area contributed by atoms with Gasteiger partial charge < -0.3 is 20.7 Å². The van der Waals surface area contributed by atoms with Crippen LogP contribution >= 0.6 is 23.1 Å². The number of thioether (sulfide) groups is 1. The highest BCUT2D eigenvalue weighted by molar-refractivity contribution is 8.00. The summed E-state index contributed by atoms with van der Waals surface area (Å²) in [4.78, 5) is 54.8. The minimum absolute atomic E-state index is 0.128. The molecule has 0 saturated carbocycles. The van der Waals surface area contributed by atoms with E-state index >= 15 is 0 Å². The van der Waals surface area contributed by atoms with Gasteiger partial charge >= 0.3 is 5.97 Å². The maximum Gasteiger partial charge on any atom is 0.341 e. The molecule has 1 unspecified atom stereocenters. The number of para-hydroxylation sites is 1. The molecule has 3 amide bonds. The van der Waals surface area contributed by atoms with Gasteiger partial charge in [-0.3, -0.25) is 14.4 Å². The minimum Gasteiger partial charge on any atom is -0.462 e. The number of hydrogen-bond acceptors (Lipinski definition) is 7. The summed E-state index contributed by atoms with van der Waals surface area (Å²) in [7, 11) is 0. The Morgan fingerprint density at radius 1 is 0.700 bits per heavy atom. The lowest BCUT2D eigenvalue weighted by atomic mass is 10.1. The number of benzene rings is 5. The van der Waals surface area contributed by atoms with Gasteiger partial charge in [-0.2, -0.15) is 0 Å². The first kappa shape index (κ1) is 34.2. The van der Waals surface area contributed by atoms with E-state index in [2.05, 4.69) is 16.0 Å². The standard InChI is InChI=1S/C40H33N3O5S2/c1-3-48-40(47)33-25(2)34(37(45)41-30-17-8-5-9-18-30)50-39(33)43-38(46)35(27-14-6-4-7-15-27)49-32-20-12-19-31(24-32)42-36(44)29-22-21-26-13-10-11-16-28(26)23-29/h4-24,35H,3H2,1-2H3,(H,41,45)(H,42,44)(H,43,46).